The summed E-state index contributed by atoms with van der Waals surface area (Å²) in [5, 5.41) is 10.4. The van der Waals surface area contributed by atoms with Crippen LogP contribution in [-0.2, 0) is 0 Å². The van der Waals surface area contributed by atoms with E-state index in [1.807, 2.05) is 43.4 Å². The van der Waals surface area contributed by atoms with Crippen molar-refractivity contribution in [3.8, 4) is 5.75 Å². The Balaban J connectivity index is 2.21. The zero-order valence-corrected chi connectivity index (χ0v) is 13.0. The summed E-state index contributed by atoms with van der Waals surface area (Å²) in [4.78, 5) is 14.8. The number of furan rings is 1. The third-order valence-electron chi connectivity index (χ3n) is 3.49. The van der Waals surface area contributed by atoms with E-state index in [0.717, 1.165) is 0 Å². The molecule has 0 fully saturated rings. The molecule has 3 aromatic rings. The number of rotatable bonds is 4. The molecule has 0 aliphatic heterocycles. The number of hydrogen-bond donors (Lipinski definition) is 1. The average molecular weight is 307 g/mol. The number of phenols is 1. The average Bonchev–Trinajstić information content (AvgIpc) is 2.90. The number of fused-ring (bicyclic) bond motifs is 1. The minimum atomic E-state index is -0.131. The number of nitrogens with zero attached hydrogens (tertiary/aromatic N) is 1. The van der Waals surface area contributed by atoms with E-state index in [-0.39, 0.29) is 11.5 Å². The van der Waals surface area contributed by atoms with Crippen molar-refractivity contribution in [3.05, 3.63) is 71.6 Å². The van der Waals surface area contributed by atoms with Crippen LogP contribution in [0.1, 0.15) is 21.7 Å². The molecule has 1 aromatic heterocycles. The topological polar surface area (TPSA) is 53.7 Å². The van der Waals surface area contributed by atoms with E-state index >= 15 is 0 Å². The fraction of sp³-hybridized carbons (Fsp3) is 0.105. The van der Waals surface area contributed by atoms with E-state index in [1.165, 1.54) is 0 Å². The van der Waals surface area contributed by atoms with Gasteiger partial charge in [0.2, 0.25) is 0 Å². The van der Waals surface area contributed by atoms with Crippen molar-refractivity contribution < 1.29 is 14.3 Å². The Morgan fingerprint density at radius 2 is 1.87 bits per heavy atom. The molecule has 0 aliphatic carbocycles. The number of hydrogen-bond acceptors (Lipinski definition) is 4. The Hall–Kier alpha value is -3.01. The standard InChI is InChI=1S/C19H17NO3/c1-20(2)11-10-17-18(19(22)13-6-4-3-5-7-13)15-12-14(21)8-9-16(15)23-17/h3-12,21H,1-2H3. The number of benzene rings is 2. The molecule has 4 nitrogen and oxygen atoms in total. The van der Waals surface area contributed by atoms with Crippen LogP contribution in [0, 0.1) is 0 Å². The van der Waals surface area contributed by atoms with Gasteiger partial charge in [-0.15, -0.1) is 0 Å². The monoisotopic (exact) mass is 307 g/mol. The lowest BCUT2D eigenvalue weighted by Crippen LogP contribution is -2.03. The highest BCUT2D eigenvalue weighted by atomic mass is 16.3. The highest BCUT2D eigenvalue weighted by Crippen LogP contribution is 2.31. The molecular formula is C19H17NO3. The van der Waals surface area contributed by atoms with Crippen LogP contribution in [0.5, 0.6) is 5.75 Å². The van der Waals surface area contributed by atoms with E-state index in [9.17, 15) is 9.90 Å². The van der Waals surface area contributed by atoms with E-state index in [1.54, 1.807) is 36.4 Å². The van der Waals surface area contributed by atoms with Crippen molar-refractivity contribution in [2.24, 2.45) is 0 Å². The highest BCUT2D eigenvalue weighted by Gasteiger charge is 2.21. The normalized spacial score (nSPS) is 11.2. The zero-order valence-electron chi connectivity index (χ0n) is 13.0. The fourth-order valence-corrected chi connectivity index (χ4v) is 2.41. The van der Waals surface area contributed by atoms with Crippen molar-refractivity contribution in [2.75, 3.05) is 14.1 Å². The Kier molecular flexibility index (Phi) is 3.89. The predicted molar refractivity (Wildman–Crippen MR) is 90.5 cm³/mol. The van der Waals surface area contributed by atoms with Crippen molar-refractivity contribution in [3.63, 3.8) is 0 Å². The molecule has 116 valence electrons. The van der Waals surface area contributed by atoms with Crippen molar-refractivity contribution >= 4 is 22.8 Å². The molecule has 2 aromatic carbocycles. The highest BCUT2D eigenvalue weighted by molar-refractivity contribution is 6.18. The third-order valence-corrected chi connectivity index (χ3v) is 3.49. The van der Waals surface area contributed by atoms with Crippen LogP contribution in [0.2, 0.25) is 0 Å². The number of aromatic hydroxyl groups is 1. The first-order chi connectivity index (χ1) is 11.1. The molecule has 0 bridgehead atoms. The van der Waals surface area contributed by atoms with Gasteiger partial charge in [-0.1, -0.05) is 30.3 Å². The number of phenolic OH excluding ortho intramolecular Hbond substituents is 1. The predicted octanol–water partition coefficient (Wildman–Crippen LogP) is 3.90. The quantitative estimate of drug-likeness (QED) is 0.743. The van der Waals surface area contributed by atoms with Gasteiger partial charge in [-0.25, -0.2) is 0 Å². The van der Waals surface area contributed by atoms with Gasteiger partial charge in [-0.05, 0) is 24.3 Å². The second-order valence-corrected chi connectivity index (χ2v) is 5.50. The molecule has 0 spiro atoms. The number of carbonyl (C=O) groups excluding carboxylic acids is 1. The van der Waals surface area contributed by atoms with Crippen LogP contribution >= 0.6 is 0 Å². The molecule has 0 atom stereocenters. The molecule has 1 N–H and O–H groups in total. The minimum Gasteiger partial charge on any atom is -0.508 e. The van der Waals surface area contributed by atoms with Crippen molar-refractivity contribution in [1.29, 1.82) is 0 Å². The summed E-state index contributed by atoms with van der Waals surface area (Å²) in [6.45, 7) is 0. The first-order valence-corrected chi connectivity index (χ1v) is 7.26. The Labute approximate surface area is 134 Å². The number of carbonyl (C=O) groups is 1. The van der Waals surface area contributed by atoms with E-state index < -0.39 is 0 Å². The van der Waals surface area contributed by atoms with Crippen LogP contribution in [-0.4, -0.2) is 29.9 Å². The molecule has 1 heterocycles. The maximum atomic E-state index is 12.9. The second kappa shape index (κ2) is 6.01. The number of ketones is 1. The Morgan fingerprint density at radius 1 is 1.13 bits per heavy atom. The lowest BCUT2D eigenvalue weighted by Gasteiger charge is -2.04. The van der Waals surface area contributed by atoms with Gasteiger partial charge < -0.3 is 14.4 Å². The van der Waals surface area contributed by atoms with Gasteiger partial charge in [0.25, 0.3) is 0 Å². The van der Waals surface area contributed by atoms with Crippen molar-refractivity contribution in [2.45, 2.75) is 0 Å². The van der Waals surface area contributed by atoms with Gasteiger partial charge in [0, 0.05) is 31.2 Å². The van der Waals surface area contributed by atoms with Gasteiger partial charge in [0.15, 0.2) is 5.78 Å². The molecule has 0 amide bonds. The Bertz CT molecular complexity index is 876. The summed E-state index contributed by atoms with van der Waals surface area (Å²) in [7, 11) is 3.79. The van der Waals surface area contributed by atoms with Crippen molar-refractivity contribution in [1.82, 2.24) is 4.90 Å². The van der Waals surface area contributed by atoms with E-state index in [4.69, 9.17) is 4.42 Å². The molecule has 0 radical (unpaired) electrons. The molecular weight excluding hydrogens is 290 g/mol. The zero-order chi connectivity index (χ0) is 16.4. The van der Waals surface area contributed by atoms with E-state index in [0.29, 0.717) is 27.9 Å². The molecule has 0 unspecified atom stereocenters. The van der Waals surface area contributed by atoms with Crippen LogP contribution < -0.4 is 0 Å². The minimum absolute atomic E-state index is 0.101. The lowest BCUT2D eigenvalue weighted by atomic mass is 10.00. The summed E-state index contributed by atoms with van der Waals surface area (Å²) in [6.07, 6.45) is 3.58. The van der Waals surface area contributed by atoms with Gasteiger partial charge in [-0.3, -0.25) is 4.79 Å². The summed E-state index contributed by atoms with van der Waals surface area (Å²) in [5.74, 6) is 0.449. The van der Waals surface area contributed by atoms with E-state index in [2.05, 4.69) is 0 Å². The van der Waals surface area contributed by atoms with Gasteiger partial charge in [0.05, 0.1) is 5.56 Å². The molecule has 0 aliphatic rings. The fourth-order valence-electron chi connectivity index (χ4n) is 2.41. The third kappa shape index (κ3) is 2.97. The summed E-state index contributed by atoms with van der Waals surface area (Å²) in [6, 6.07) is 13.8. The first kappa shape index (κ1) is 14.9. The maximum Gasteiger partial charge on any atom is 0.197 e. The lowest BCUT2D eigenvalue weighted by molar-refractivity contribution is 0.103. The summed E-state index contributed by atoms with van der Waals surface area (Å²) >= 11 is 0. The Morgan fingerprint density at radius 3 is 2.57 bits per heavy atom. The second-order valence-electron chi connectivity index (χ2n) is 5.50. The summed E-state index contributed by atoms with van der Waals surface area (Å²) < 4.78 is 5.80. The van der Waals surface area contributed by atoms with Gasteiger partial charge in [-0.2, -0.15) is 0 Å². The first-order valence-electron chi connectivity index (χ1n) is 7.26. The van der Waals surface area contributed by atoms with Crippen LogP contribution in [0.25, 0.3) is 17.0 Å². The molecule has 23 heavy (non-hydrogen) atoms. The van der Waals surface area contributed by atoms with Gasteiger partial charge >= 0.3 is 0 Å². The molecule has 4 heteroatoms. The molecule has 3 rings (SSSR count). The largest absolute Gasteiger partial charge is 0.508 e. The van der Waals surface area contributed by atoms with Crippen LogP contribution in [0.4, 0.5) is 0 Å². The van der Waals surface area contributed by atoms with Crippen LogP contribution in [0.3, 0.4) is 0 Å². The SMILES string of the molecule is CN(C)C=Cc1oc2ccc(O)cc2c1C(=O)c1ccccc1. The molecule has 0 saturated heterocycles. The van der Waals surface area contributed by atoms with Gasteiger partial charge in [0.1, 0.15) is 17.1 Å². The smallest absolute Gasteiger partial charge is 0.197 e. The maximum absolute atomic E-state index is 12.9. The summed E-state index contributed by atoms with van der Waals surface area (Å²) in [5.41, 5.74) is 1.61. The molecule has 0 saturated carbocycles. The van der Waals surface area contributed by atoms with Crippen LogP contribution in [0.15, 0.2) is 59.1 Å².